The molecule has 1 saturated heterocycles. The van der Waals surface area contributed by atoms with Crippen LogP contribution in [0.25, 0.3) is 0 Å². The van der Waals surface area contributed by atoms with Crippen molar-refractivity contribution < 1.29 is 9.63 Å². The Kier molecular flexibility index (Phi) is 2.78. The second-order valence-electron chi connectivity index (χ2n) is 5.37. The number of amides is 1. The van der Waals surface area contributed by atoms with E-state index in [0.717, 1.165) is 38.8 Å². The van der Waals surface area contributed by atoms with E-state index in [2.05, 4.69) is 15.8 Å². The van der Waals surface area contributed by atoms with E-state index in [4.69, 9.17) is 4.84 Å². The summed E-state index contributed by atoms with van der Waals surface area (Å²) < 4.78 is 0. The minimum Gasteiger partial charge on any atom is -0.387 e. The quantitative estimate of drug-likeness (QED) is 0.737. The molecule has 3 rings (SSSR count). The molecular formula is C12H19N3O2. The molecule has 0 radical (unpaired) electrons. The number of hydrogen-bond donors (Lipinski definition) is 2. The highest BCUT2D eigenvalue weighted by Crippen LogP contribution is 2.30. The fraction of sp³-hybridized carbons (Fsp3) is 0.833. The first-order valence-electron chi connectivity index (χ1n) is 6.54. The van der Waals surface area contributed by atoms with Crippen LogP contribution < -0.4 is 10.6 Å². The predicted octanol–water partition coefficient (Wildman–Crippen LogP) is 0.554. The number of oxime groups is 1. The minimum absolute atomic E-state index is 0.0304. The molecule has 1 atom stereocenters. The van der Waals surface area contributed by atoms with Gasteiger partial charge in [0.15, 0.2) is 5.60 Å². The maximum atomic E-state index is 11.9. The zero-order valence-corrected chi connectivity index (χ0v) is 10.00. The summed E-state index contributed by atoms with van der Waals surface area (Å²) in [6.45, 7) is 1.84. The maximum Gasteiger partial charge on any atom is 0.269 e. The minimum atomic E-state index is -0.245. The van der Waals surface area contributed by atoms with Crippen molar-refractivity contribution in [3.05, 3.63) is 0 Å². The Morgan fingerprint density at radius 2 is 2.35 bits per heavy atom. The van der Waals surface area contributed by atoms with Crippen molar-refractivity contribution in [2.75, 3.05) is 13.1 Å². The van der Waals surface area contributed by atoms with Gasteiger partial charge in [-0.15, -0.1) is 0 Å². The van der Waals surface area contributed by atoms with Crippen LogP contribution in [0.15, 0.2) is 5.16 Å². The Hall–Kier alpha value is -1.10. The van der Waals surface area contributed by atoms with Gasteiger partial charge in [-0.1, -0.05) is 5.16 Å². The Morgan fingerprint density at radius 3 is 3.00 bits per heavy atom. The van der Waals surface area contributed by atoms with E-state index in [0.29, 0.717) is 18.2 Å². The highest BCUT2D eigenvalue weighted by Gasteiger charge is 2.42. The van der Waals surface area contributed by atoms with Crippen molar-refractivity contribution in [3.63, 3.8) is 0 Å². The standard InChI is InChI=1S/C12H19N3O2/c16-11(14-9-3-1-4-9)10-7-12(17-15-10)5-2-6-13-8-12/h9,13H,1-8H2,(H,14,16). The predicted molar refractivity (Wildman–Crippen MR) is 63.8 cm³/mol. The summed E-state index contributed by atoms with van der Waals surface area (Å²) in [5.74, 6) is -0.0304. The molecular weight excluding hydrogens is 218 g/mol. The summed E-state index contributed by atoms with van der Waals surface area (Å²) in [6, 6.07) is 0.367. The Balaban J connectivity index is 1.56. The molecule has 0 bridgehead atoms. The van der Waals surface area contributed by atoms with Crippen molar-refractivity contribution in [2.24, 2.45) is 5.16 Å². The van der Waals surface area contributed by atoms with Crippen molar-refractivity contribution in [1.29, 1.82) is 0 Å². The van der Waals surface area contributed by atoms with E-state index in [1.165, 1.54) is 6.42 Å². The second-order valence-corrected chi connectivity index (χ2v) is 5.37. The average Bonchev–Trinajstić information content (AvgIpc) is 2.68. The molecule has 1 amide bonds. The topological polar surface area (TPSA) is 62.7 Å². The molecule has 1 spiro atoms. The van der Waals surface area contributed by atoms with Gasteiger partial charge in [-0.25, -0.2) is 0 Å². The normalized spacial score (nSPS) is 32.8. The zero-order valence-electron chi connectivity index (χ0n) is 10.00. The Morgan fingerprint density at radius 1 is 1.47 bits per heavy atom. The van der Waals surface area contributed by atoms with Gasteiger partial charge in [0.2, 0.25) is 0 Å². The van der Waals surface area contributed by atoms with Gasteiger partial charge in [-0.05, 0) is 38.6 Å². The molecule has 5 nitrogen and oxygen atoms in total. The molecule has 0 aromatic carbocycles. The van der Waals surface area contributed by atoms with Gasteiger partial charge in [0.05, 0.1) is 0 Å². The third-order valence-corrected chi connectivity index (χ3v) is 3.97. The lowest BCUT2D eigenvalue weighted by Gasteiger charge is -2.31. The molecule has 2 heterocycles. The van der Waals surface area contributed by atoms with Gasteiger partial charge in [0.1, 0.15) is 5.71 Å². The van der Waals surface area contributed by atoms with Crippen molar-refractivity contribution >= 4 is 11.6 Å². The largest absolute Gasteiger partial charge is 0.387 e. The fourth-order valence-electron chi connectivity index (χ4n) is 2.63. The van der Waals surface area contributed by atoms with Crippen LogP contribution in [0.3, 0.4) is 0 Å². The lowest BCUT2D eigenvalue weighted by Crippen LogP contribution is -2.47. The van der Waals surface area contributed by atoms with Crippen LogP contribution in [0.1, 0.15) is 38.5 Å². The van der Waals surface area contributed by atoms with Crippen molar-refractivity contribution in [2.45, 2.75) is 50.2 Å². The van der Waals surface area contributed by atoms with Crippen molar-refractivity contribution in [3.8, 4) is 0 Å². The fourth-order valence-corrected chi connectivity index (χ4v) is 2.63. The van der Waals surface area contributed by atoms with Gasteiger partial charge >= 0.3 is 0 Å². The summed E-state index contributed by atoms with van der Waals surface area (Å²) in [7, 11) is 0. The summed E-state index contributed by atoms with van der Waals surface area (Å²) in [4.78, 5) is 17.4. The van der Waals surface area contributed by atoms with Crippen LogP contribution in [0.5, 0.6) is 0 Å². The molecule has 1 aliphatic carbocycles. The zero-order chi connectivity index (χ0) is 11.7. The molecule has 3 aliphatic rings. The van der Waals surface area contributed by atoms with Crippen LogP contribution in [-0.4, -0.2) is 36.4 Å². The van der Waals surface area contributed by atoms with E-state index < -0.39 is 0 Å². The Bertz CT molecular complexity index is 344. The summed E-state index contributed by atoms with van der Waals surface area (Å²) in [5.41, 5.74) is 0.325. The third kappa shape index (κ3) is 2.16. The number of piperidine rings is 1. The van der Waals surface area contributed by atoms with Gasteiger partial charge in [0, 0.05) is 19.0 Å². The van der Waals surface area contributed by atoms with Gasteiger partial charge in [-0.2, -0.15) is 0 Å². The SMILES string of the molecule is O=C(NC1CCC1)C1=NOC2(CCCNC2)C1. The molecule has 2 fully saturated rings. The molecule has 17 heavy (non-hydrogen) atoms. The first kappa shape index (κ1) is 11.0. The highest BCUT2D eigenvalue weighted by molar-refractivity contribution is 6.39. The molecule has 2 aliphatic heterocycles. The number of hydrogen-bond acceptors (Lipinski definition) is 4. The first-order chi connectivity index (χ1) is 8.27. The maximum absolute atomic E-state index is 11.9. The lowest BCUT2D eigenvalue weighted by molar-refractivity contribution is -0.116. The van der Waals surface area contributed by atoms with Gasteiger partial charge < -0.3 is 15.5 Å². The summed E-state index contributed by atoms with van der Waals surface area (Å²) in [5, 5.41) is 10.3. The van der Waals surface area contributed by atoms with E-state index >= 15 is 0 Å². The van der Waals surface area contributed by atoms with Crippen LogP contribution in [-0.2, 0) is 9.63 Å². The molecule has 1 unspecified atom stereocenters. The summed E-state index contributed by atoms with van der Waals surface area (Å²) in [6.07, 6.45) is 6.16. The third-order valence-electron chi connectivity index (χ3n) is 3.97. The van der Waals surface area contributed by atoms with E-state index in [1.54, 1.807) is 0 Å². The molecule has 2 N–H and O–H groups in total. The number of rotatable bonds is 2. The van der Waals surface area contributed by atoms with Crippen LogP contribution in [0, 0.1) is 0 Å². The van der Waals surface area contributed by atoms with E-state index in [9.17, 15) is 4.79 Å². The van der Waals surface area contributed by atoms with Crippen LogP contribution >= 0.6 is 0 Å². The molecule has 1 saturated carbocycles. The number of nitrogens with zero attached hydrogens (tertiary/aromatic N) is 1. The number of carbonyl (C=O) groups is 1. The monoisotopic (exact) mass is 237 g/mol. The van der Waals surface area contributed by atoms with Crippen LogP contribution in [0.4, 0.5) is 0 Å². The highest BCUT2D eigenvalue weighted by atomic mass is 16.7. The molecule has 0 aromatic heterocycles. The molecule has 0 aromatic rings. The average molecular weight is 237 g/mol. The number of carbonyl (C=O) groups excluding carboxylic acids is 1. The number of nitrogens with one attached hydrogen (secondary N) is 2. The van der Waals surface area contributed by atoms with Gasteiger partial charge in [-0.3, -0.25) is 4.79 Å². The van der Waals surface area contributed by atoms with Gasteiger partial charge in [0.25, 0.3) is 5.91 Å². The summed E-state index contributed by atoms with van der Waals surface area (Å²) >= 11 is 0. The molecule has 5 heteroatoms. The van der Waals surface area contributed by atoms with Crippen molar-refractivity contribution in [1.82, 2.24) is 10.6 Å². The van der Waals surface area contributed by atoms with E-state index in [-0.39, 0.29) is 11.5 Å². The van der Waals surface area contributed by atoms with E-state index in [1.807, 2.05) is 0 Å². The molecule has 94 valence electrons. The second kappa shape index (κ2) is 4.29. The van der Waals surface area contributed by atoms with Crippen LogP contribution in [0.2, 0.25) is 0 Å². The smallest absolute Gasteiger partial charge is 0.269 e. The Labute approximate surface area is 101 Å². The first-order valence-corrected chi connectivity index (χ1v) is 6.54. The lowest BCUT2D eigenvalue weighted by atomic mass is 9.88.